The third kappa shape index (κ3) is 6.83. The van der Waals surface area contributed by atoms with Crippen LogP contribution in [0.1, 0.15) is 13.8 Å². The molecule has 0 radical (unpaired) electrons. The number of rotatable bonds is 6. The lowest BCUT2D eigenvalue weighted by atomic mass is 10.1. The van der Waals surface area contributed by atoms with Crippen molar-refractivity contribution in [2.24, 2.45) is 0 Å². The van der Waals surface area contributed by atoms with Crippen molar-refractivity contribution >= 4 is 17.3 Å². The standard InChI is InChI=1S/C27H35N5O3/c1-4-32(5-2)14-13-31(3)25-10-9-22-20-26(25)35-18-16-33-15-17-34-23-8-6-7-21(19-23)24-11-12-28-27(29-22)30-24/h6-12,19-20H,4-5,13-18H2,1-3H3,(H,28,29,30). The number of likely N-dealkylation sites (N-methyl/N-ethyl adjacent to an activating group) is 2. The average molecular weight is 478 g/mol. The minimum absolute atomic E-state index is 0.446. The van der Waals surface area contributed by atoms with E-state index in [9.17, 15) is 0 Å². The summed E-state index contributed by atoms with van der Waals surface area (Å²) in [6.07, 6.45) is 1.76. The maximum absolute atomic E-state index is 6.17. The van der Waals surface area contributed by atoms with E-state index in [2.05, 4.69) is 47.1 Å². The third-order valence-corrected chi connectivity index (χ3v) is 6.04. The van der Waals surface area contributed by atoms with Gasteiger partial charge in [0.2, 0.25) is 5.95 Å². The highest BCUT2D eigenvalue weighted by molar-refractivity contribution is 5.68. The van der Waals surface area contributed by atoms with Gasteiger partial charge < -0.3 is 29.3 Å². The molecule has 2 aromatic carbocycles. The van der Waals surface area contributed by atoms with Crippen LogP contribution in [0.15, 0.2) is 54.7 Å². The lowest BCUT2D eigenvalue weighted by Crippen LogP contribution is -2.33. The van der Waals surface area contributed by atoms with Gasteiger partial charge in [0, 0.05) is 43.7 Å². The van der Waals surface area contributed by atoms with Gasteiger partial charge in [-0.2, -0.15) is 0 Å². The van der Waals surface area contributed by atoms with Crippen LogP contribution >= 0.6 is 0 Å². The molecule has 0 saturated heterocycles. The van der Waals surface area contributed by atoms with Gasteiger partial charge in [-0.3, -0.25) is 0 Å². The zero-order chi connectivity index (χ0) is 24.5. The van der Waals surface area contributed by atoms with Gasteiger partial charge >= 0.3 is 0 Å². The van der Waals surface area contributed by atoms with Crippen molar-refractivity contribution in [3.63, 3.8) is 0 Å². The maximum Gasteiger partial charge on any atom is 0.227 e. The lowest BCUT2D eigenvalue weighted by Gasteiger charge is -2.26. The van der Waals surface area contributed by atoms with Crippen molar-refractivity contribution in [2.75, 3.05) is 69.9 Å². The molecule has 35 heavy (non-hydrogen) atoms. The van der Waals surface area contributed by atoms with Gasteiger partial charge in [-0.1, -0.05) is 26.0 Å². The molecule has 1 aliphatic rings. The topological polar surface area (TPSA) is 72.0 Å². The van der Waals surface area contributed by atoms with Crippen LogP contribution in [0, 0.1) is 0 Å². The number of benzene rings is 2. The van der Waals surface area contributed by atoms with Crippen LogP contribution in [-0.4, -0.2) is 74.5 Å². The Balaban J connectivity index is 1.59. The Bertz CT molecular complexity index is 1090. The molecular formula is C27H35N5O3. The van der Waals surface area contributed by atoms with Gasteiger partial charge in [-0.05, 0) is 43.4 Å². The molecule has 3 aromatic rings. The molecule has 6 bridgehead atoms. The van der Waals surface area contributed by atoms with E-state index in [1.165, 1.54) is 0 Å². The molecule has 1 aliphatic heterocycles. The summed E-state index contributed by atoms with van der Waals surface area (Å²) in [5, 5.41) is 3.33. The Labute approximate surface area is 207 Å². The van der Waals surface area contributed by atoms with Crippen molar-refractivity contribution in [3.05, 3.63) is 54.7 Å². The maximum atomic E-state index is 6.17. The molecule has 0 saturated carbocycles. The molecule has 0 fully saturated rings. The summed E-state index contributed by atoms with van der Waals surface area (Å²) in [5.74, 6) is 2.10. The molecule has 0 atom stereocenters. The van der Waals surface area contributed by atoms with Crippen molar-refractivity contribution in [2.45, 2.75) is 13.8 Å². The Morgan fingerprint density at radius 1 is 0.914 bits per heavy atom. The summed E-state index contributed by atoms with van der Waals surface area (Å²) in [5.41, 5.74) is 3.68. The molecular weight excluding hydrogens is 442 g/mol. The Kier molecular flexibility index (Phi) is 8.75. The average Bonchev–Trinajstić information content (AvgIpc) is 2.88. The van der Waals surface area contributed by atoms with Crippen molar-refractivity contribution in [1.29, 1.82) is 0 Å². The molecule has 4 rings (SSSR count). The van der Waals surface area contributed by atoms with E-state index >= 15 is 0 Å². The Morgan fingerprint density at radius 2 is 1.74 bits per heavy atom. The number of hydrogen-bond acceptors (Lipinski definition) is 8. The predicted octanol–water partition coefficient (Wildman–Crippen LogP) is 4.45. The number of ether oxygens (including phenoxy) is 3. The van der Waals surface area contributed by atoms with E-state index in [-0.39, 0.29) is 0 Å². The van der Waals surface area contributed by atoms with Crippen LogP contribution in [0.5, 0.6) is 11.5 Å². The van der Waals surface area contributed by atoms with Gasteiger partial charge in [-0.15, -0.1) is 0 Å². The molecule has 186 valence electrons. The fourth-order valence-corrected chi connectivity index (χ4v) is 3.96. The highest BCUT2D eigenvalue weighted by Crippen LogP contribution is 2.32. The van der Waals surface area contributed by atoms with Crippen LogP contribution in [0.4, 0.5) is 17.3 Å². The Morgan fingerprint density at radius 3 is 2.57 bits per heavy atom. The van der Waals surface area contributed by atoms with E-state index in [4.69, 9.17) is 19.2 Å². The SMILES string of the molecule is CCN(CC)CCN(C)c1ccc2cc1OCCOCCOc1cccc(c1)-c1ccnc(n1)N2. The van der Waals surface area contributed by atoms with Gasteiger partial charge in [-0.25, -0.2) is 9.97 Å². The third-order valence-electron chi connectivity index (χ3n) is 6.04. The van der Waals surface area contributed by atoms with Crippen LogP contribution in [0.25, 0.3) is 11.3 Å². The first-order valence-electron chi connectivity index (χ1n) is 12.3. The summed E-state index contributed by atoms with van der Waals surface area (Å²) < 4.78 is 17.8. The van der Waals surface area contributed by atoms with Crippen LogP contribution < -0.4 is 19.7 Å². The number of fused-ring (bicyclic) bond motifs is 7. The first kappa shape index (κ1) is 24.8. The summed E-state index contributed by atoms with van der Waals surface area (Å²) in [6, 6.07) is 15.9. The predicted molar refractivity (Wildman–Crippen MR) is 140 cm³/mol. The van der Waals surface area contributed by atoms with Crippen molar-refractivity contribution < 1.29 is 14.2 Å². The Hall–Kier alpha value is -3.36. The van der Waals surface area contributed by atoms with E-state index in [1.807, 2.05) is 42.5 Å². The first-order valence-corrected chi connectivity index (χ1v) is 12.3. The molecule has 0 unspecified atom stereocenters. The summed E-state index contributed by atoms with van der Waals surface area (Å²) in [7, 11) is 2.10. The van der Waals surface area contributed by atoms with Crippen molar-refractivity contribution in [1.82, 2.24) is 14.9 Å². The number of aromatic nitrogens is 2. The number of nitrogens with one attached hydrogen (secondary N) is 1. The lowest BCUT2D eigenvalue weighted by molar-refractivity contribution is 0.0765. The van der Waals surface area contributed by atoms with E-state index in [1.54, 1.807) is 6.20 Å². The first-order chi connectivity index (χ1) is 17.2. The van der Waals surface area contributed by atoms with Crippen LogP contribution in [0.2, 0.25) is 0 Å². The normalized spacial score (nSPS) is 13.8. The molecule has 2 heterocycles. The largest absolute Gasteiger partial charge is 0.491 e. The molecule has 8 nitrogen and oxygen atoms in total. The second kappa shape index (κ2) is 12.4. The highest BCUT2D eigenvalue weighted by Gasteiger charge is 2.13. The molecule has 8 heteroatoms. The number of anilines is 3. The van der Waals surface area contributed by atoms with Gasteiger partial charge in [0.05, 0.1) is 24.6 Å². The van der Waals surface area contributed by atoms with Crippen LogP contribution in [0.3, 0.4) is 0 Å². The molecule has 0 spiro atoms. The monoisotopic (exact) mass is 477 g/mol. The zero-order valence-electron chi connectivity index (χ0n) is 20.9. The molecule has 0 aliphatic carbocycles. The summed E-state index contributed by atoms with van der Waals surface area (Å²) >= 11 is 0. The molecule has 1 aromatic heterocycles. The van der Waals surface area contributed by atoms with E-state index in [0.717, 1.165) is 60.3 Å². The van der Waals surface area contributed by atoms with Gasteiger partial charge in [0.15, 0.2) is 0 Å². The van der Waals surface area contributed by atoms with Crippen molar-refractivity contribution in [3.8, 4) is 22.8 Å². The second-order valence-electron chi connectivity index (χ2n) is 8.36. The summed E-state index contributed by atoms with van der Waals surface area (Å²) in [6.45, 7) is 10.3. The minimum Gasteiger partial charge on any atom is -0.491 e. The number of hydrogen-bond donors (Lipinski definition) is 1. The number of nitrogens with zero attached hydrogens (tertiary/aromatic N) is 4. The fraction of sp³-hybridized carbons (Fsp3) is 0.407. The quantitative estimate of drug-likeness (QED) is 0.558. The van der Waals surface area contributed by atoms with Crippen LogP contribution in [-0.2, 0) is 4.74 Å². The molecule has 1 N–H and O–H groups in total. The van der Waals surface area contributed by atoms with E-state index in [0.29, 0.717) is 32.4 Å². The second-order valence-corrected chi connectivity index (χ2v) is 8.36. The van der Waals surface area contributed by atoms with Gasteiger partial charge in [0.1, 0.15) is 24.7 Å². The zero-order valence-corrected chi connectivity index (χ0v) is 20.9. The smallest absolute Gasteiger partial charge is 0.227 e. The highest BCUT2D eigenvalue weighted by atomic mass is 16.5. The van der Waals surface area contributed by atoms with E-state index < -0.39 is 0 Å². The fourth-order valence-electron chi connectivity index (χ4n) is 3.96. The van der Waals surface area contributed by atoms with Gasteiger partial charge in [0.25, 0.3) is 0 Å². The minimum atomic E-state index is 0.446. The summed E-state index contributed by atoms with van der Waals surface area (Å²) in [4.78, 5) is 13.8. The molecule has 0 amide bonds.